The van der Waals surface area contributed by atoms with Gasteiger partial charge >= 0.3 is 0 Å². The second-order valence-corrected chi connectivity index (χ2v) is 7.95. The van der Waals surface area contributed by atoms with Gasteiger partial charge in [0.2, 0.25) is 5.91 Å². The molecule has 5 nitrogen and oxygen atoms in total. The van der Waals surface area contributed by atoms with Gasteiger partial charge in [-0.15, -0.1) is 0 Å². The van der Waals surface area contributed by atoms with Crippen LogP contribution >= 0.6 is 0 Å². The fourth-order valence-corrected chi connectivity index (χ4v) is 4.13. The van der Waals surface area contributed by atoms with E-state index in [9.17, 15) is 4.79 Å². The van der Waals surface area contributed by atoms with Crippen LogP contribution in [0.25, 0.3) is 11.4 Å². The number of nitrogens with one attached hydrogen (secondary N) is 1. The summed E-state index contributed by atoms with van der Waals surface area (Å²) in [6, 6.07) is 10.2. The number of aromatic nitrogens is 2. The number of rotatable bonds is 5. The van der Waals surface area contributed by atoms with Gasteiger partial charge in [0, 0.05) is 42.4 Å². The van der Waals surface area contributed by atoms with Crippen molar-refractivity contribution in [3.05, 3.63) is 53.7 Å². The topological polar surface area (TPSA) is 58.1 Å². The second-order valence-electron chi connectivity index (χ2n) is 7.95. The fraction of sp³-hybridized carbons (Fsp3) is 0.435. The van der Waals surface area contributed by atoms with E-state index >= 15 is 0 Å². The molecule has 146 valence electrons. The molecule has 1 N–H and O–H groups in total. The van der Waals surface area contributed by atoms with Gasteiger partial charge in [0.05, 0.1) is 0 Å². The van der Waals surface area contributed by atoms with Gasteiger partial charge in [-0.2, -0.15) is 0 Å². The number of carbonyl (C=O) groups excluding carboxylic acids is 1. The van der Waals surface area contributed by atoms with Gasteiger partial charge in [0.25, 0.3) is 0 Å². The summed E-state index contributed by atoms with van der Waals surface area (Å²) in [5.74, 6) is 2.14. The van der Waals surface area contributed by atoms with E-state index in [-0.39, 0.29) is 11.8 Å². The molecule has 1 aromatic carbocycles. The van der Waals surface area contributed by atoms with E-state index in [0.29, 0.717) is 6.54 Å². The molecule has 0 saturated carbocycles. The number of fused-ring (bicyclic) bond motifs is 1. The van der Waals surface area contributed by atoms with Gasteiger partial charge in [0.1, 0.15) is 5.82 Å². The van der Waals surface area contributed by atoms with Gasteiger partial charge < -0.3 is 10.2 Å². The standard InChI is InChI=1S/C23H28N4O/c1-16(2)15-24-23(28)18-11-13-27(14-12-18)22-19-9-6-10-20(19)25-21(26-22)17-7-4-3-5-8-17/h3-5,7-8,18H,1,6,9-15H2,2H3,(H,24,28). The molecule has 1 fully saturated rings. The molecule has 0 unspecified atom stereocenters. The molecule has 1 aliphatic heterocycles. The molecule has 1 aliphatic carbocycles. The average Bonchev–Trinajstić information content (AvgIpc) is 3.21. The van der Waals surface area contributed by atoms with Crippen molar-refractivity contribution in [2.75, 3.05) is 24.5 Å². The summed E-state index contributed by atoms with van der Waals surface area (Å²) >= 11 is 0. The van der Waals surface area contributed by atoms with Crippen LogP contribution in [0.5, 0.6) is 0 Å². The summed E-state index contributed by atoms with van der Waals surface area (Å²) in [6.45, 7) is 8.08. The molecule has 4 rings (SSSR count). The number of piperidine rings is 1. The number of hydrogen-bond donors (Lipinski definition) is 1. The number of carbonyl (C=O) groups is 1. The molecule has 1 saturated heterocycles. The summed E-state index contributed by atoms with van der Waals surface area (Å²) in [5.41, 5.74) is 4.55. The maximum Gasteiger partial charge on any atom is 0.223 e. The lowest BCUT2D eigenvalue weighted by atomic mass is 9.95. The monoisotopic (exact) mass is 376 g/mol. The first-order valence-corrected chi connectivity index (χ1v) is 10.2. The first-order chi connectivity index (χ1) is 13.6. The summed E-state index contributed by atoms with van der Waals surface area (Å²) in [4.78, 5) is 24.6. The van der Waals surface area contributed by atoms with E-state index in [0.717, 1.165) is 68.0 Å². The minimum absolute atomic E-state index is 0.0825. The zero-order valence-electron chi connectivity index (χ0n) is 16.6. The predicted octanol–water partition coefficient (Wildman–Crippen LogP) is 3.54. The SMILES string of the molecule is C=C(C)CNC(=O)C1CCN(c2nc(-c3ccccc3)nc3c2CCC3)CC1. The summed E-state index contributed by atoms with van der Waals surface area (Å²) in [7, 11) is 0. The Morgan fingerprint density at radius 2 is 1.93 bits per heavy atom. The van der Waals surface area contributed by atoms with E-state index in [1.165, 1.54) is 11.3 Å². The van der Waals surface area contributed by atoms with Crippen molar-refractivity contribution in [3.63, 3.8) is 0 Å². The van der Waals surface area contributed by atoms with Crippen LogP contribution in [0, 0.1) is 5.92 Å². The summed E-state index contributed by atoms with van der Waals surface area (Å²) in [6.07, 6.45) is 4.96. The molecule has 1 aromatic heterocycles. The molecule has 0 atom stereocenters. The number of hydrogen-bond acceptors (Lipinski definition) is 4. The zero-order chi connectivity index (χ0) is 19.5. The number of amides is 1. The number of benzene rings is 1. The quantitative estimate of drug-likeness (QED) is 0.811. The van der Waals surface area contributed by atoms with Crippen molar-refractivity contribution >= 4 is 11.7 Å². The lowest BCUT2D eigenvalue weighted by molar-refractivity contribution is -0.125. The van der Waals surface area contributed by atoms with Crippen molar-refractivity contribution in [3.8, 4) is 11.4 Å². The van der Waals surface area contributed by atoms with E-state index in [4.69, 9.17) is 9.97 Å². The molecule has 0 radical (unpaired) electrons. The van der Waals surface area contributed by atoms with Crippen LogP contribution in [0.1, 0.15) is 37.4 Å². The van der Waals surface area contributed by atoms with Crippen LogP contribution in [0.4, 0.5) is 5.82 Å². The van der Waals surface area contributed by atoms with Crippen LogP contribution in [-0.2, 0) is 17.6 Å². The highest BCUT2D eigenvalue weighted by atomic mass is 16.1. The third-order valence-corrected chi connectivity index (χ3v) is 5.67. The minimum Gasteiger partial charge on any atom is -0.356 e. The highest BCUT2D eigenvalue weighted by Crippen LogP contribution is 2.33. The van der Waals surface area contributed by atoms with Crippen LogP contribution in [-0.4, -0.2) is 35.5 Å². The highest BCUT2D eigenvalue weighted by molar-refractivity contribution is 5.79. The Hall–Kier alpha value is -2.69. The molecule has 5 heteroatoms. The average molecular weight is 377 g/mol. The second kappa shape index (κ2) is 8.13. The van der Waals surface area contributed by atoms with Crippen molar-refractivity contribution in [2.45, 2.75) is 39.0 Å². The third kappa shape index (κ3) is 3.93. The van der Waals surface area contributed by atoms with Crippen LogP contribution in [0.15, 0.2) is 42.5 Å². The molecule has 1 amide bonds. The van der Waals surface area contributed by atoms with Gasteiger partial charge in [-0.05, 0) is 39.0 Å². The molecular formula is C23H28N4O. The molecule has 2 aliphatic rings. The molecule has 0 spiro atoms. The van der Waals surface area contributed by atoms with Gasteiger partial charge in [-0.1, -0.05) is 42.5 Å². The van der Waals surface area contributed by atoms with Crippen molar-refractivity contribution < 1.29 is 4.79 Å². The Bertz CT molecular complexity index is 870. The van der Waals surface area contributed by atoms with Crippen molar-refractivity contribution in [2.24, 2.45) is 5.92 Å². The van der Waals surface area contributed by atoms with Crippen LogP contribution < -0.4 is 10.2 Å². The van der Waals surface area contributed by atoms with Gasteiger partial charge in [-0.3, -0.25) is 4.79 Å². The maximum atomic E-state index is 12.4. The maximum absolute atomic E-state index is 12.4. The van der Waals surface area contributed by atoms with E-state index < -0.39 is 0 Å². The zero-order valence-corrected chi connectivity index (χ0v) is 16.6. The Morgan fingerprint density at radius 3 is 2.64 bits per heavy atom. The normalized spacial score (nSPS) is 16.7. The Kier molecular flexibility index (Phi) is 5.42. The molecule has 28 heavy (non-hydrogen) atoms. The van der Waals surface area contributed by atoms with E-state index in [1.807, 2.05) is 25.1 Å². The number of nitrogens with zero attached hydrogens (tertiary/aromatic N) is 3. The molecule has 0 bridgehead atoms. The van der Waals surface area contributed by atoms with Gasteiger partial charge in [0.15, 0.2) is 5.82 Å². The molecular weight excluding hydrogens is 348 g/mol. The van der Waals surface area contributed by atoms with Crippen LogP contribution in [0.3, 0.4) is 0 Å². The smallest absolute Gasteiger partial charge is 0.223 e. The largest absolute Gasteiger partial charge is 0.356 e. The lowest BCUT2D eigenvalue weighted by Crippen LogP contribution is -2.41. The first-order valence-electron chi connectivity index (χ1n) is 10.2. The minimum atomic E-state index is 0.0825. The molecule has 2 aromatic rings. The van der Waals surface area contributed by atoms with E-state index in [2.05, 4.69) is 28.9 Å². The Morgan fingerprint density at radius 1 is 1.18 bits per heavy atom. The van der Waals surface area contributed by atoms with Crippen molar-refractivity contribution in [1.82, 2.24) is 15.3 Å². The Balaban J connectivity index is 1.51. The summed E-state index contributed by atoms with van der Waals surface area (Å²) in [5, 5.41) is 3.00. The lowest BCUT2D eigenvalue weighted by Gasteiger charge is -2.33. The predicted molar refractivity (Wildman–Crippen MR) is 112 cm³/mol. The summed E-state index contributed by atoms with van der Waals surface area (Å²) < 4.78 is 0. The van der Waals surface area contributed by atoms with Gasteiger partial charge in [-0.25, -0.2) is 9.97 Å². The Labute approximate surface area is 166 Å². The number of aryl methyl sites for hydroxylation is 1. The third-order valence-electron chi connectivity index (χ3n) is 5.67. The number of anilines is 1. The van der Waals surface area contributed by atoms with Crippen LogP contribution in [0.2, 0.25) is 0 Å². The molecule has 2 heterocycles. The van der Waals surface area contributed by atoms with Crippen molar-refractivity contribution in [1.29, 1.82) is 0 Å². The highest BCUT2D eigenvalue weighted by Gasteiger charge is 2.29. The van der Waals surface area contributed by atoms with E-state index in [1.54, 1.807) is 0 Å². The fourth-order valence-electron chi connectivity index (χ4n) is 4.13. The first kappa shape index (κ1) is 18.7.